The van der Waals surface area contributed by atoms with Crippen molar-refractivity contribution in [1.29, 1.82) is 0 Å². The zero-order valence-electron chi connectivity index (χ0n) is 11.4. The molecular formula is C13H17ClN4O2. The van der Waals surface area contributed by atoms with E-state index in [4.69, 9.17) is 4.52 Å². The van der Waals surface area contributed by atoms with E-state index in [1.165, 1.54) is 0 Å². The van der Waals surface area contributed by atoms with Crippen molar-refractivity contribution in [3.05, 3.63) is 23.5 Å². The fourth-order valence-electron chi connectivity index (χ4n) is 2.37. The molecule has 2 aromatic rings. The number of aromatic nitrogens is 2. The number of nitrogens with one attached hydrogen (secondary N) is 1. The first kappa shape index (κ1) is 14.7. The molecule has 0 unspecified atom stereocenters. The van der Waals surface area contributed by atoms with Crippen molar-refractivity contribution in [2.24, 2.45) is 0 Å². The molecule has 6 nitrogen and oxygen atoms in total. The second-order valence-corrected chi connectivity index (χ2v) is 4.90. The first-order valence-electron chi connectivity index (χ1n) is 6.40. The summed E-state index contributed by atoms with van der Waals surface area (Å²) in [6.45, 7) is 6.27. The molecular weight excluding hydrogens is 280 g/mol. The fourth-order valence-corrected chi connectivity index (χ4v) is 2.37. The molecule has 1 fully saturated rings. The molecule has 3 heterocycles. The molecule has 0 aliphatic carbocycles. The van der Waals surface area contributed by atoms with Gasteiger partial charge in [-0.2, -0.15) is 0 Å². The number of nitrogens with zero attached hydrogens (tertiary/aromatic N) is 3. The lowest BCUT2D eigenvalue weighted by atomic mass is 10.1. The maximum Gasteiger partial charge on any atom is 0.257 e. The summed E-state index contributed by atoms with van der Waals surface area (Å²) in [5, 5.41) is 7.92. The second-order valence-electron chi connectivity index (χ2n) is 4.90. The van der Waals surface area contributed by atoms with Gasteiger partial charge in [0.2, 0.25) is 0 Å². The highest BCUT2D eigenvalue weighted by atomic mass is 35.5. The molecule has 20 heavy (non-hydrogen) atoms. The van der Waals surface area contributed by atoms with E-state index >= 15 is 0 Å². The van der Waals surface area contributed by atoms with Gasteiger partial charge in [0.25, 0.3) is 11.6 Å². The van der Waals surface area contributed by atoms with E-state index in [1.54, 1.807) is 6.20 Å². The Balaban J connectivity index is 0.00000147. The van der Waals surface area contributed by atoms with Crippen molar-refractivity contribution in [1.82, 2.24) is 20.4 Å². The normalized spacial score (nSPS) is 18.9. The number of hydrogen-bond donors (Lipinski definition) is 1. The number of pyridine rings is 1. The lowest BCUT2D eigenvalue weighted by Gasteiger charge is -2.33. The molecule has 1 aliphatic rings. The van der Waals surface area contributed by atoms with Crippen LogP contribution >= 0.6 is 12.4 Å². The summed E-state index contributed by atoms with van der Waals surface area (Å²) in [6.07, 6.45) is 1.56. The van der Waals surface area contributed by atoms with Crippen LogP contribution in [-0.4, -0.2) is 46.6 Å². The third-order valence-corrected chi connectivity index (χ3v) is 3.52. The van der Waals surface area contributed by atoms with Crippen LogP contribution in [0.3, 0.4) is 0 Å². The first-order valence-corrected chi connectivity index (χ1v) is 6.40. The second kappa shape index (κ2) is 5.76. The monoisotopic (exact) mass is 296 g/mol. The molecule has 1 aliphatic heterocycles. The van der Waals surface area contributed by atoms with Gasteiger partial charge in [0.1, 0.15) is 0 Å². The van der Waals surface area contributed by atoms with E-state index < -0.39 is 0 Å². The third-order valence-electron chi connectivity index (χ3n) is 3.52. The quantitative estimate of drug-likeness (QED) is 0.861. The maximum absolute atomic E-state index is 12.5. The summed E-state index contributed by atoms with van der Waals surface area (Å²) in [7, 11) is 0. The zero-order chi connectivity index (χ0) is 13.4. The van der Waals surface area contributed by atoms with Crippen molar-refractivity contribution in [2.45, 2.75) is 19.9 Å². The smallest absolute Gasteiger partial charge is 0.257 e. The minimum atomic E-state index is 0. The van der Waals surface area contributed by atoms with E-state index in [9.17, 15) is 4.79 Å². The highest BCUT2D eigenvalue weighted by Crippen LogP contribution is 2.18. The van der Waals surface area contributed by atoms with Crippen LogP contribution in [-0.2, 0) is 0 Å². The molecule has 0 saturated carbocycles. The molecule has 0 bridgehead atoms. The Morgan fingerprint density at radius 2 is 2.35 bits per heavy atom. The largest absolute Gasteiger partial charge is 0.336 e. The van der Waals surface area contributed by atoms with E-state index in [-0.39, 0.29) is 24.4 Å². The molecule has 0 radical (unpaired) electrons. The van der Waals surface area contributed by atoms with Crippen LogP contribution < -0.4 is 5.32 Å². The standard InChI is InChI=1S/C13H16N4O2.ClH/c1-8-6-14-3-4-17(8)13(18)10-5-11-9(2)16-19-12(11)15-7-10;/h5,7-8,14H,3-4,6H2,1-2H3;1H/t8-;/m0./s1. The number of carbonyl (C=O) groups excluding carboxylic acids is 1. The van der Waals surface area contributed by atoms with Gasteiger partial charge in [-0.25, -0.2) is 4.98 Å². The lowest BCUT2D eigenvalue weighted by molar-refractivity contribution is 0.0655. The van der Waals surface area contributed by atoms with Gasteiger partial charge in [0, 0.05) is 31.9 Å². The number of amides is 1. The predicted molar refractivity (Wildman–Crippen MR) is 77.2 cm³/mol. The highest BCUT2D eigenvalue weighted by Gasteiger charge is 2.24. The Bertz CT molecular complexity index is 628. The van der Waals surface area contributed by atoms with E-state index in [1.807, 2.05) is 24.8 Å². The van der Waals surface area contributed by atoms with Gasteiger partial charge in [0.15, 0.2) is 0 Å². The number of rotatable bonds is 1. The summed E-state index contributed by atoms with van der Waals surface area (Å²) in [4.78, 5) is 18.5. The number of hydrogen-bond acceptors (Lipinski definition) is 5. The first-order chi connectivity index (χ1) is 9.16. The maximum atomic E-state index is 12.5. The Hall–Kier alpha value is -1.66. The Labute approximate surface area is 122 Å². The average molecular weight is 297 g/mol. The van der Waals surface area contributed by atoms with E-state index in [0.29, 0.717) is 11.3 Å². The van der Waals surface area contributed by atoms with Crippen LogP contribution in [0.2, 0.25) is 0 Å². The summed E-state index contributed by atoms with van der Waals surface area (Å²) in [6, 6.07) is 2.01. The van der Waals surface area contributed by atoms with Gasteiger partial charge in [-0.05, 0) is 19.9 Å². The van der Waals surface area contributed by atoms with Crippen molar-refractivity contribution in [3.8, 4) is 0 Å². The lowest BCUT2D eigenvalue weighted by Crippen LogP contribution is -2.52. The van der Waals surface area contributed by atoms with Crippen molar-refractivity contribution < 1.29 is 9.32 Å². The SMILES string of the molecule is Cc1noc2ncc(C(=O)N3CCNC[C@@H]3C)cc12.Cl. The highest BCUT2D eigenvalue weighted by molar-refractivity contribution is 5.97. The minimum Gasteiger partial charge on any atom is -0.336 e. The van der Waals surface area contributed by atoms with Gasteiger partial charge in [0.05, 0.1) is 16.6 Å². The van der Waals surface area contributed by atoms with Crippen LogP contribution in [0.1, 0.15) is 23.0 Å². The number of carbonyl (C=O) groups is 1. The van der Waals surface area contributed by atoms with Crippen molar-refractivity contribution in [3.63, 3.8) is 0 Å². The Kier molecular flexibility index (Phi) is 4.25. The van der Waals surface area contributed by atoms with Gasteiger partial charge in [-0.3, -0.25) is 4.79 Å². The summed E-state index contributed by atoms with van der Waals surface area (Å²) in [5.41, 5.74) is 1.82. The summed E-state index contributed by atoms with van der Waals surface area (Å²) < 4.78 is 5.05. The topological polar surface area (TPSA) is 71.3 Å². The van der Waals surface area contributed by atoms with Gasteiger partial charge >= 0.3 is 0 Å². The van der Waals surface area contributed by atoms with Crippen LogP contribution in [0.4, 0.5) is 0 Å². The van der Waals surface area contributed by atoms with Crippen molar-refractivity contribution in [2.75, 3.05) is 19.6 Å². The van der Waals surface area contributed by atoms with E-state index in [2.05, 4.69) is 15.5 Å². The van der Waals surface area contributed by atoms with Gasteiger partial charge in [-0.1, -0.05) is 5.16 Å². The zero-order valence-corrected chi connectivity index (χ0v) is 12.2. The number of piperazine rings is 1. The average Bonchev–Trinajstić information content (AvgIpc) is 2.80. The fraction of sp³-hybridized carbons (Fsp3) is 0.462. The van der Waals surface area contributed by atoms with E-state index in [0.717, 1.165) is 30.7 Å². The predicted octanol–water partition coefficient (Wildman–Crippen LogP) is 1.39. The molecule has 1 saturated heterocycles. The van der Waals surface area contributed by atoms with Crippen LogP contribution in [0, 0.1) is 6.92 Å². The van der Waals surface area contributed by atoms with Crippen LogP contribution in [0.25, 0.3) is 11.1 Å². The number of halogens is 1. The number of aryl methyl sites for hydroxylation is 1. The summed E-state index contributed by atoms with van der Waals surface area (Å²) >= 11 is 0. The summed E-state index contributed by atoms with van der Waals surface area (Å²) in [5.74, 6) is 0.0176. The Morgan fingerprint density at radius 3 is 3.10 bits per heavy atom. The number of fused-ring (bicyclic) bond motifs is 1. The molecule has 3 rings (SSSR count). The molecule has 2 aromatic heterocycles. The molecule has 1 atom stereocenters. The van der Waals surface area contributed by atoms with Crippen LogP contribution in [0.15, 0.2) is 16.8 Å². The van der Waals surface area contributed by atoms with Crippen LogP contribution in [0.5, 0.6) is 0 Å². The van der Waals surface area contributed by atoms with Crippen molar-refractivity contribution >= 4 is 29.4 Å². The molecule has 1 N–H and O–H groups in total. The molecule has 7 heteroatoms. The Morgan fingerprint density at radius 1 is 1.55 bits per heavy atom. The van der Waals surface area contributed by atoms with Gasteiger partial charge < -0.3 is 14.7 Å². The minimum absolute atomic E-state index is 0. The molecule has 1 amide bonds. The molecule has 0 spiro atoms. The third kappa shape index (κ3) is 2.48. The molecule has 0 aromatic carbocycles. The molecule has 108 valence electrons. The van der Waals surface area contributed by atoms with Gasteiger partial charge in [-0.15, -0.1) is 12.4 Å².